The van der Waals surface area contributed by atoms with E-state index in [2.05, 4.69) is 121 Å². The lowest BCUT2D eigenvalue weighted by molar-refractivity contribution is 0.502. The molecule has 4 rings (SSSR count). The minimum atomic E-state index is 0.146. The summed E-state index contributed by atoms with van der Waals surface area (Å²) in [6, 6.07) is 26.3. The van der Waals surface area contributed by atoms with Gasteiger partial charge < -0.3 is 0 Å². The molecule has 0 saturated heterocycles. The molecular formula is C24H21Br3S3. The van der Waals surface area contributed by atoms with Gasteiger partial charge in [-0.2, -0.15) is 0 Å². The molecule has 0 bridgehead atoms. The second-order valence-corrected chi connectivity index (χ2v) is 14.6. The number of hydrogen-bond acceptors (Lipinski definition) is 3. The first-order chi connectivity index (χ1) is 14.5. The molecule has 156 valence electrons. The SMILES string of the molecule is Brc1ccc(SC2CCCC(Sc3ccc(Br)cc3)(Sc3ccc(Br)cc3)C2)cc1. The third-order valence-corrected chi connectivity index (χ3v) is 10.8. The Labute approximate surface area is 217 Å². The highest BCUT2D eigenvalue weighted by atomic mass is 79.9. The topological polar surface area (TPSA) is 0 Å². The van der Waals surface area contributed by atoms with Gasteiger partial charge in [0.2, 0.25) is 0 Å². The van der Waals surface area contributed by atoms with Gasteiger partial charge in [-0.25, -0.2) is 0 Å². The molecule has 30 heavy (non-hydrogen) atoms. The predicted octanol–water partition coefficient (Wildman–Crippen LogP) is 10.3. The lowest BCUT2D eigenvalue weighted by atomic mass is 9.99. The number of hydrogen-bond donors (Lipinski definition) is 0. The second kappa shape index (κ2) is 10.8. The van der Waals surface area contributed by atoms with Crippen molar-refractivity contribution in [1.82, 2.24) is 0 Å². The van der Waals surface area contributed by atoms with Crippen molar-refractivity contribution in [2.75, 3.05) is 0 Å². The van der Waals surface area contributed by atoms with Gasteiger partial charge in [0.05, 0.1) is 4.08 Å². The summed E-state index contributed by atoms with van der Waals surface area (Å²) in [5.74, 6) is 0. The highest BCUT2D eigenvalue weighted by Gasteiger charge is 2.39. The van der Waals surface area contributed by atoms with Crippen LogP contribution in [-0.2, 0) is 0 Å². The number of rotatable bonds is 6. The molecule has 0 heterocycles. The number of benzene rings is 3. The van der Waals surface area contributed by atoms with Crippen LogP contribution in [0.25, 0.3) is 0 Å². The zero-order valence-electron chi connectivity index (χ0n) is 16.2. The molecule has 0 amide bonds. The fraction of sp³-hybridized carbons (Fsp3) is 0.250. The van der Waals surface area contributed by atoms with E-state index in [4.69, 9.17) is 0 Å². The van der Waals surface area contributed by atoms with Crippen LogP contribution in [-0.4, -0.2) is 9.33 Å². The molecule has 1 saturated carbocycles. The average Bonchev–Trinajstić information content (AvgIpc) is 2.73. The van der Waals surface area contributed by atoms with Gasteiger partial charge in [-0.05, 0) is 92.1 Å². The molecule has 6 heteroatoms. The molecule has 0 nitrogen and oxygen atoms in total. The van der Waals surface area contributed by atoms with Crippen LogP contribution in [0.5, 0.6) is 0 Å². The van der Waals surface area contributed by atoms with Crippen molar-refractivity contribution in [2.24, 2.45) is 0 Å². The first kappa shape index (κ1) is 23.3. The summed E-state index contributed by atoms with van der Waals surface area (Å²) in [4.78, 5) is 4.05. The maximum Gasteiger partial charge on any atom is 0.0715 e. The molecule has 1 fully saturated rings. The van der Waals surface area contributed by atoms with E-state index >= 15 is 0 Å². The molecule has 3 aromatic rings. The summed E-state index contributed by atoms with van der Waals surface area (Å²) < 4.78 is 3.55. The van der Waals surface area contributed by atoms with Crippen LogP contribution < -0.4 is 0 Å². The fourth-order valence-electron chi connectivity index (χ4n) is 3.60. The maximum atomic E-state index is 3.57. The van der Waals surface area contributed by atoms with Crippen molar-refractivity contribution in [2.45, 2.75) is 49.7 Å². The van der Waals surface area contributed by atoms with Crippen molar-refractivity contribution in [3.63, 3.8) is 0 Å². The van der Waals surface area contributed by atoms with Crippen LogP contribution >= 0.6 is 83.1 Å². The van der Waals surface area contributed by atoms with Gasteiger partial charge in [0.15, 0.2) is 0 Å². The van der Waals surface area contributed by atoms with Gasteiger partial charge in [0, 0.05) is 33.4 Å². The van der Waals surface area contributed by atoms with E-state index < -0.39 is 0 Å². The van der Waals surface area contributed by atoms with E-state index in [1.807, 2.05) is 35.3 Å². The molecule has 0 N–H and O–H groups in total. The van der Waals surface area contributed by atoms with Crippen molar-refractivity contribution >= 4 is 83.1 Å². The molecule has 0 aliphatic heterocycles. The standard InChI is InChI=1S/C24H21Br3S3/c25-17-3-9-20(10-4-17)28-23-2-1-15-24(16-23,29-21-11-5-18(26)6-12-21)30-22-13-7-19(27)8-14-22/h3-14,23H,1-2,15-16H2. The van der Waals surface area contributed by atoms with Gasteiger partial charge in [0.25, 0.3) is 0 Å². The lowest BCUT2D eigenvalue weighted by Gasteiger charge is -2.40. The van der Waals surface area contributed by atoms with Crippen LogP contribution in [0.4, 0.5) is 0 Å². The van der Waals surface area contributed by atoms with Crippen LogP contribution in [0, 0.1) is 0 Å². The Morgan fingerprint density at radius 1 is 0.633 bits per heavy atom. The Morgan fingerprint density at radius 3 is 1.53 bits per heavy atom. The molecule has 1 atom stereocenters. The van der Waals surface area contributed by atoms with Crippen molar-refractivity contribution in [1.29, 1.82) is 0 Å². The largest absolute Gasteiger partial charge is 0.123 e. The Balaban J connectivity index is 1.57. The molecule has 1 unspecified atom stereocenters. The lowest BCUT2D eigenvalue weighted by Crippen LogP contribution is -2.30. The van der Waals surface area contributed by atoms with E-state index in [1.54, 1.807) is 0 Å². The number of thioether (sulfide) groups is 3. The molecule has 1 aliphatic rings. The smallest absolute Gasteiger partial charge is 0.0715 e. The van der Waals surface area contributed by atoms with Crippen LogP contribution in [0.1, 0.15) is 25.7 Å². The quantitative estimate of drug-likeness (QED) is 0.245. The van der Waals surface area contributed by atoms with Crippen LogP contribution in [0.3, 0.4) is 0 Å². The Bertz CT molecular complexity index is 909. The van der Waals surface area contributed by atoms with Gasteiger partial charge in [0.1, 0.15) is 0 Å². The summed E-state index contributed by atoms with van der Waals surface area (Å²) >= 11 is 16.8. The normalized spacial score (nSPS) is 18.3. The summed E-state index contributed by atoms with van der Waals surface area (Å²) in [7, 11) is 0. The van der Waals surface area contributed by atoms with Crippen molar-refractivity contribution in [3.8, 4) is 0 Å². The minimum Gasteiger partial charge on any atom is -0.123 e. The molecule has 0 spiro atoms. The first-order valence-electron chi connectivity index (χ1n) is 9.81. The number of halogens is 3. The van der Waals surface area contributed by atoms with Crippen molar-refractivity contribution in [3.05, 3.63) is 86.2 Å². The van der Waals surface area contributed by atoms with Gasteiger partial charge >= 0.3 is 0 Å². The molecule has 0 radical (unpaired) electrons. The van der Waals surface area contributed by atoms with Crippen molar-refractivity contribution < 1.29 is 0 Å². The zero-order valence-corrected chi connectivity index (χ0v) is 23.4. The summed E-state index contributed by atoms with van der Waals surface area (Å²) in [5.41, 5.74) is 0. The highest BCUT2D eigenvalue weighted by Crippen LogP contribution is 2.56. The van der Waals surface area contributed by atoms with E-state index in [-0.39, 0.29) is 4.08 Å². The van der Waals surface area contributed by atoms with E-state index in [0.717, 1.165) is 13.4 Å². The summed E-state index contributed by atoms with van der Waals surface area (Å²) in [6.45, 7) is 0. The minimum absolute atomic E-state index is 0.146. The van der Waals surface area contributed by atoms with E-state index in [0.29, 0.717) is 5.25 Å². The zero-order chi connectivity index (χ0) is 21.0. The second-order valence-electron chi connectivity index (χ2n) is 7.31. The summed E-state index contributed by atoms with van der Waals surface area (Å²) in [5, 5.41) is 0.630. The highest BCUT2D eigenvalue weighted by molar-refractivity contribution is 9.11. The van der Waals surface area contributed by atoms with Crippen LogP contribution in [0.15, 0.2) is 101 Å². The summed E-state index contributed by atoms with van der Waals surface area (Å²) in [6.07, 6.45) is 4.96. The third-order valence-electron chi connectivity index (χ3n) is 4.97. The van der Waals surface area contributed by atoms with Gasteiger partial charge in [-0.3, -0.25) is 0 Å². The molecule has 0 aromatic heterocycles. The molecular weight excluding hydrogens is 624 g/mol. The molecule has 1 aliphatic carbocycles. The van der Waals surface area contributed by atoms with Gasteiger partial charge in [-0.1, -0.05) is 54.2 Å². The average molecular weight is 645 g/mol. The van der Waals surface area contributed by atoms with Crippen LogP contribution in [0.2, 0.25) is 0 Å². The molecule has 3 aromatic carbocycles. The first-order valence-corrected chi connectivity index (χ1v) is 14.7. The monoisotopic (exact) mass is 642 g/mol. The van der Waals surface area contributed by atoms with E-state index in [9.17, 15) is 0 Å². The van der Waals surface area contributed by atoms with E-state index in [1.165, 1.54) is 40.4 Å². The predicted molar refractivity (Wildman–Crippen MR) is 145 cm³/mol. The third kappa shape index (κ3) is 6.58. The maximum absolute atomic E-state index is 3.57. The Hall–Kier alpha value is 0.150. The fourth-order valence-corrected chi connectivity index (χ4v) is 9.14. The Kier molecular flexibility index (Phi) is 8.43. The Morgan fingerprint density at radius 2 is 1.07 bits per heavy atom. The van der Waals surface area contributed by atoms with Gasteiger partial charge in [-0.15, -0.1) is 35.3 Å².